The first-order valence-electron chi connectivity index (χ1n) is 6.68. The van der Waals surface area contributed by atoms with Crippen LogP contribution in [-0.2, 0) is 0 Å². The number of fused-ring (bicyclic) bond motifs is 1. The van der Waals surface area contributed by atoms with E-state index in [-0.39, 0.29) is 0 Å². The van der Waals surface area contributed by atoms with Crippen LogP contribution in [0.4, 0.5) is 0 Å². The van der Waals surface area contributed by atoms with Crippen molar-refractivity contribution in [3.8, 4) is 0 Å². The molecule has 2 atom stereocenters. The van der Waals surface area contributed by atoms with Crippen molar-refractivity contribution in [2.75, 3.05) is 29.6 Å². The first-order valence-corrected chi connectivity index (χ1v) is 10.2. The SMILES string of the molecule is Clc1ccc2c(c1)C(NCC1CSCCS1)CCS2. The second kappa shape index (κ2) is 6.99. The zero-order valence-corrected chi connectivity index (χ0v) is 13.9. The van der Waals surface area contributed by atoms with Gasteiger partial charge in [0.1, 0.15) is 0 Å². The van der Waals surface area contributed by atoms with Gasteiger partial charge in [-0.05, 0) is 35.9 Å². The van der Waals surface area contributed by atoms with E-state index in [1.165, 1.54) is 39.9 Å². The Morgan fingerprint density at radius 3 is 3.05 bits per heavy atom. The molecule has 0 spiro atoms. The van der Waals surface area contributed by atoms with E-state index in [9.17, 15) is 0 Å². The molecule has 1 fully saturated rings. The highest BCUT2D eigenvalue weighted by Gasteiger charge is 2.22. The van der Waals surface area contributed by atoms with Crippen LogP contribution >= 0.6 is 46.9 Å². The lowest BCUT2D eigenvalue weighted by molar-refractivity contribution is 0.514. The van der Waals surface area contributed by atoms with Gasteiger partial charge >= 0.3 is 0 Å². The summed E-state index contributed by atoms with van der Waals surface area (Å²) in [4.78, 5) is 1.40. The predicted octanol–water partition coefficient (Wildman–Crippen LogP) is 4.32. The van der Waals surface area contributed by atoms with E-state index >= 15 is 0 Å². The van der Waals surface area contributed by atoms with Crippen molar-refractivity contribution in [2.24, 2.45) is 0 Å². The molecule has 19 heavy (non-hydrogen) atoms. The standard InChI is InChI=1S/C14H18ClNS3/c15-10-1-2-14-12(7-10)13(3-4-19-14)16-8-11-9-17-5-6-18-11/h1-2,7,11,13,16H,3-6,8-9H2. The fourth-order valence-corrected chi connectivity index (χ4v) is 6.42. The number of nitrogens with one attached hydrogen (secondary N) is 1. The molecule has 0 aliphatic carbocycles. The smallest absolute Gasteiger partial charge is 0.0410 e. The lowest BCUT2D eigenvalue weighted by atomic mass is 10.0. The molecule has 0 amide bonds. The Hall–Kier alpha value is 0.520. The van der Waals surface area contributed by atoms with Crippen molar-refractivity contribution < 1.29 is 0 Å². The van der Waals surface area contributed by atoms with E-state index in [0.29, 0.717) is 6.04 Å². The molecule has 0 aromatic heterocycles. The Balaban J connectivity index is 1.64. The number of hydrogen-bond acceptors (Lipinski definition) is 4. The monoisotopic (exact) mass is 331 g/mol. The van der Waals surface area contributed by atoms with E-state index in [1.54, 1.807) is 0 Å². The van der Waals surface area contributed by atoms with Crippen LogP contribution < -0.4 is 5.32 Å². The molecule has 0 bridgehead atoms. The predicted molar refractivity (Wildman–Crippen MR) is 91.1 cm³/mol. The number of halogens is 1. The first-order chi connectivity index (χ1) is 9.33. The van der Waals surface area contributed by atoms with E-state index < -0.39 is 0 Å². The van der Waals surface area contributed by atoms with Gasteiger partial charge in [0.05, 0.1) is 0 Å². The summed E-state index contributed by atoms with van der Waals surface area (Å²) < 4.78 is 0. The van der Waals surface area contributed by atoms with E-state index in [2.05, 4.69) is 41.0 Å². The maximum absolute atomic E-state index is 6.15. The second-order valence-corrected chi connectivity index (χ2v) is 8.98. The van der Waals surface area contributed by atoms with Crippen LogP contribution in [0.2, 0.25) is 5.02 Å². The van der Waals surface area contributed by atoms with Crippen LogP contribution in [0.15, 0.2) is 23.1 Å². The van der Waals surface area contributed by atoms with Crippen molar-refractivity contribution in [2.45, 2.75) is 22.6 Å². The maximum Gasteiger partial charge on any atom is 0.0410 e. The van der Waals surface area contributed by atoms with Gasteiger partial charge in [0.15, 0.2) is 0 Å². The summed E-state index contributed by atoms with van der Waals surface area (Å²) in [5.74, 6) is 5.13. The van der Waals surface area contributed by atoms with E-state index in [0.717, 1.165) is 16.8 Å². The molecule has 2 aliphatic heterocycles. The average molecular weight is 332 g/mol. The fourth-order valence-electron chi connectivity index (χ4n) is 2.51. The Morgan fingerprint density at radius 2 is 2.21 bits per heavy atom. The Kier molecular flexibility index (Phi) is 5.32. The van der Waals surface area contributed by atoms with Gasteiger partial charge in [0.2, 0.25) is 0 Å². The molecule has 0 radical (unpaired) electrons. The van der Waals surface area contributed by atoms with Gasteiger partial charge in [-0.25, -0.2) is 0 Å². The van der Waals surface area contributed by atoms with E-state index in [1.807, 2.05) is 17.8 Å². The molecule has 2 aliphatic rings. The summed E-state index contributed by atoms with van der Waals surface area (Å²) in [6.07, 6.45) is 1.21. The number of thioether (sulfide) groups is 3. The van der Waals surface area contributed by atoms with Gasteiger partial charge in [0, 0.05) is 45.0 Å². The molecule has 2 unspecified atom stereocenters. The summed E-state index contributed by atoms with van der Waals surface area (Å²) in [5, 5.41) is 5.40. The molecular formula is C14H18ClNS3. The molecule has 0 saturated carbocycles. The molecule has 5 heteroatoms. The molecule has 2 heterocycles. The van der Waals surface area contributed by atoms with Crippen LogP contribution in [-0.4, -0.2) is 34.8 Å². The van der Waals surface area contributed by atoms with E-state index in [4.69, 9.17) is 11.6 Å². The number of hydrogen-bond donors (Lipinski definition) is 1. The van der Waals surface area contributed by atoms with Crippen molar-refractivity contribution in [3.05, 3.63) is 28.8 Å². The van der Waals surface area contributed by atoms with Crippen LogP contribution in [0, 0.1) is 0 Å². The van der Waals surface area contributed by atoms with Gasteiger partial charge in [0.25, 0.3) is 0 Å². The minimum atomic E-state index is 0.488. The third-order valence-corrected chi connectivity index (χ3v) is 7.69. The van der Waals surface area contributed by atoms with Crippen LogP contribution in [0.5, 0.6) is 0 Å². The quantitative estimate of drug-likeness (QED) is 0.885. The maximum atomic E-state index is 6.15. The lowest BCUT2D eigenvalue weighted by Gasteiger charge is -2.29. The normalized spacial score (nSPS) is 27.0. The molecule has 1 nitrogen and oxygen atoms in total. The molecule has 1 aromatic rings. The van der Waals surface area contributed by atoms with Crippen molar-refractivity contribution >= 4 is 46.9 Å². The molecule has 1 N–H and O–H groups in total. The largest absolute Gasteiger partial charge is 0.309 e. The lowest BCUT2D eigenvalue weighted by Crippen LogP contribution is -2.33. The highest BCUT2D eigenvalue weighted by atomic mass is 35.5. The Labute approximate surface area is 133 Å². The van der Waals surface area contributed by atoms with Crippen molar-refractivity contribution in [1.82, 2.24) is 5.32 Å². The molecule has 1 aromatic carbocycles. The summed E-state index contributed by atoms with van der Waals surface area (Å²) in [5.41, 5.74) is 1.40. The van der Waals surface area contributed by atoms with Crippen LogP contribution in [0.1, 0.15) is 18.0 Å². The van der Waals surface area contributed by atoms with Gasteiger partial charge in [-0.3, -0.25) is 0 Å². The zero-order valence-electron chi connectivity index (χ0n) is 10.7. The second-order valence-electron chi connectivity index (χ2n) is 4.85. The van der Waals surface area contributed by atoms with Gasteiger partial charge in [-0.15, -0.1) is 11.8 Å². The minimum Gasteiger partial charge on any atom is -0.309 e. The molecular weight excluding hydrogens is 314 g/mol. The van der Waals surface area contributed by atoms with Crippen LogP contribution in [0.3, 0.4) is 0 Å². The minimum absolute atomic E-state index is 0.488. The Bertz CT molecular complexity index is 435. The highest BCUT2D eigenvalue weighted by Crippen LogP contribution is 2.37. The van der Waals surface area contributed by atoms with Crippen molar-refractivity contribution in [3.63, 3.8) is 0 Å². The van der Waals surface area contributed by atoms with Gasteiger partial charge in [-0.1, -0.05) is 11.6 Å². The number of rotatable bonds is 3. The molecule has 104 valence electrons. The Morgan fingerprint density at radius 1 is 1.26 bits per heavy atom. The topological polar surface area (TPSA) is 12.0 Å². The summed E-state index contributed by atoms with van der Waals surface area (Å²) in [6, 6.07) is 6.80. The first kappa shape index (κ1) is 14.5. The third-order valence-electron chi connectivity index (χ3n) is 3.49. The average Bonchev–Trinajstić information content (AvgIpc) is 2.46. The summed E-state index contributed by atoms with van der Waals surface area (Å²) in [7, 11) is 0. The zero-order chi connectivity index (χ0) is 13.1. The summed E-state index contributed by atoms with van der Waals surface area (Å²) >= 11 is 12.3. The fraction of sp³-hybridized carbons (Fsp3) is 0.571. The highest BCUT2D eigenvalue weighted by molar-refractivity contribution is 8.06. The van der Waals surface area contributed by atoms with Crippen LogP contribution in [0.25, 0.3) is 0 Å². The molecule has 3 rings (SSSR count). The summed E-state index contributed by atoms with van der Waals surface area (Å²) in [6.45, 7) is 1.12. The van der Waals surface area contributed by atoms with Gasteiger partial charge in [-0.2, -0.15) is 23.5 Å². The third kappa shape index (κ3) is 3.79. The van der Waals surface area contributed by atoms with Crippen molar-refractivity contribution in [1.29, 1.82) is 0 Å². The van der Waals surface area contributed by atoms with Gasteiger partial charge < -0.3 is 5.32 Å². The molecule has 1 saturated heterocycles. The number of benzene rings is 1.